The van der Waals surface area contributed by atoms with E-state index in [0.717, 1.165) is 0 Å². The molecule has 8 heteroatoms. The molecule has 1 aromatic heterocycles. The van der Waals surface area contributed by atoms with Crippen molar-refractivity contribution in [2.24, 2.45) is 0 Å². The topological polar surface area (TPSA) is 79.5 Å². The molecule has 0 aliphatic carbocycles. The Labute approximate surface area is 131 Å². The third kappa shape index (κ3) is 2.98. The maximum atomic E-state index is 12.0. The molecule has 1 amide bonds. The number of nitrogens with one attached hydrogen (secondary N) is 1. The molecule has 0 aliphatic rings. The number of halogens is 3. The van der Waals surface area contributed by atoms with Crippen LogP contribution in [0.2, 0.25) is 10.0 Å². The van der Waals surface area contributed by atoms with E-state index in [4.69, 9.17) is 32.7 Å². The number of benzene rings is 1. The summed E-state index contributed by atoms with van der Waals surface area (Å²) in [5, 5.41) is 11.4. The molecule has 20 heavy (non-hydrogen) atoms. The lowest BCUT2D eigenvalue weighted by molar-refractivity contribution is 0.0696. The highest BCUT2D eigenvalue weighted by atomic mass is 79.9. The summed E-state index contributed by atoms with van der Waals surface area (Å²) in [6.07, 6.45) is 1.34. The van der Waals surface area contributed by atoms with E-state index in [1.54, 1.807) is 0 Å². The Morgan fingerprint density at radius 1 is 1.25 bits per heavy atom. The number of hydrogen-bond acceptors (Lipinski definition) is 3. The molecule has 0 radical (unpaired) electrons. The molecule has 2 aromatic rings. The number of rotatable bonds is 3. The van der Waals surface area contributed by atoms with E-state index in [1.165, 1.54) is 24.5 Å². The predicted molar refractivity (Wildman–Crippen MR) is 77.8 cm³/mol. The molecule has 1 heterocycles. The summed E-state index contributed by atoms with van der Waals surface area (Å²) in [6.45, 7) is 0. The van der Waals surface area contributed by atoms with Crippen LogP contribution < -0.4 is 5.32 Å². The summed E-state index contributed by atoms with van der Waals surface area (Å²) in [6, 6.07) is 3.87. The van der Waals surface area contributed by atoms with Crippen molar-refractivity contribution in [3.05, 3.63) is 50.3 Å². The number of amides is 1. The van der Waals surface area contributed by atoms with Crippen LogP contribution in [0.1, 0.15) is 20.7 Å². The van der Waals surface area contributed by atoms with Crippen molar-refractivity contribution in [1.29, 1.82) is 0 Å². The second-order valence-electron chi connectivity index (χ2n) is 3.68. The predicted octanol–water partition coefficient (Wildman–Crippen LogP) is 4.30. The van der Waals surface area contributed by atoms with Crippen LogP contribution in [-0.4, -0.2) is 17.0 Å². The first-order valence-electron chi connectivity index (χ1n) is 5.17. The molecule has 5 nitrogen and oxygen atoms in total. The van der Waals surface area contributed by atoms with Crippen LogP contribution >= 0.6 is 39.1 Å². The van der Waals surface area contributed by atoms with Crippen molar-refractivity contribution in [2.45, 2.75) is 0 Å². The van der Waals surface area contributed by atoms with Crippen LogP contribution in [0.25, 0.3) is 0 Å². The first-order chi connectivity index (χ1) is 9.40. The van der Waals surface area contributed by atoms with Crippen molar-refractivity contribution < 1.29 is 19.1 Å². The number of carboxylic acids is 1. The molecule has 2 N–H and O–H groups in total. The van der Waals surface area contributed by atoms with Crippen molar-refractivity contribution in [3.8, 4) is 0 Å². The molecule has 0 saturated carbocycles. The molecule has 0 bridgehead atoms. The van der Waals surface area contributed by atoms with Gasteiger partial charge in [0.1, 0.15) is 0 Å². The second-order valence-corrected chi connectivity index (χ2v) is 5.22. The normalized spacial score (nSPS) is 10.3. The number of furan rings is 1. The fourth-order valence-corrected chi connectivity index (χ4v) is 2.45. The van der Waals surface area contributed by atoms with E-state index < -0.39 is 11.9 Å². The third-order valence-electron chi connectivity index (χ3n) is 2.39. The summed E-state index contributed by atoms with van der Waals surface area (Å²) in [4.78, 5) is 22.8. The van der Waals surface area contributed by atoms with Gasteiger partial charge >= 0.3 is 5.97 Å². The summed E-state index contributed by atoms with van der Waals surface area (Å²) < 4.78 is 5.21. The molecule has 1 aromatic carbocycles. The Bertz CT molecular complexity index is 676. The molecule has 2 rings (SSSR count). The van der Waals surface area contributed by atoms with Crippen LogP contribution in [0, 0.1) is 0 Å². The number of hydrogen-bond donors (Lipinski definition) is 2. The highest BCUT2D eigenvalue weighted by Crippen LogP contribution is 2.32. The molecule has 0 spiro atoms. The smallest absolute Gasteiger partial charge is 0.335 e. The minimum absolute atomic E-state index is 0.0304. The van der Waals surface area contributed by atoms with Gasteiger partial charge in [0, 0.05) is 0 Å². The van der Waals surface area contributed by atoms with Crippen molar-refractivity contribution in [1.82, 2.24) is 0 Å². The molecule has 0 unspecified atom stereocenters. The lowest BCUT2D eigenvalue weighted by Gasteiger charge is -2.09. The lowest BCUT2D eigenvalue weighted by Crippen LogP contribution is -2.12. The maximum absolute atomic E-state index is 12.0. The Morgan fingerprint density at radius 2 is 1.85 bits per heavy atom. The summed E-state index contributed by atoms with van der Waals surface area (Å²) in [7, 11) is 0. The molecular weight excluding hydrogens is 373 g/mol. The molecule has 104 valence electrons. The van der Waals surface area contributed by atoms with Gasteiger partial charge in [-0.15, -0.1) is 0 Å². The number of carboxylic acid groups (broad SMARTS) is 1. The summed E-state index contributed by atoms with van der Waals surface area (Å²) in [5.74, 6) is -1.65. The van der Waals surface area contributed by atoms with Gasteiger partial charge in [0.05, 0.1) is 33.1 Å². The Morgan fingerprint density at radius 3 is 2.30 bits per heavy atom. The first kappa shape index (κ1) is 14.9. The van der Waals surface area contributed by atoms with Crippen molar-refractivity contribution in [2.75, 3.05) is 5.32 Å². The minimum atomic E-state index is -1.16. The largest absolute Gasteiger partial charge is 0.478 e. The quantitative estimate of drug-likeness (QED) is 0.834. The maximum Gasteiger partial charge on any atom is 0.335 e. The minimum Gasteiger partial charge on any atom is -0.478 e. The highest BCUT2D eigenvalue weighted by molar-refractivity contribution is 9.10. The number of carbonyl (C=O) groups is 2. The standard InChI is InChI=1S/C12H6BrCl2NO4/c13-10-6(1-2-20-10)11(17)16-9-7(14)3-5(12(18)19)4-8(9)15/h1-4H,(H,16,17)(H,18,19). The fourth-order valence-electron chi connectivity index (χ4n) is 1.45. The van der Waals surface area contributed by atoms with Crippen molar-refractivity contribution >= 4 is 56.7 Å². The Balaban J connectivity index is 2.33. The van der Waals surface area contributed by atoms with Gasteiger partial charge in [-0.1, -0.05) is 23.2 Å². The number of carbonyl (C=O) groups excluding carboxylic acids is 1. The average Bonchev–Trinajstić information content (AvgIpc) is 2.79. The van der Waals surface area contributed by atoms with Gasteiger partial charge in [-0.05, 0) is 34.1 Å². The molecule has 0 saturated heterocycles. The van der Waals surface area contributed by atoms with Gasteiger partial charge in [0.25, 0.3) is 5.91 Å². The van der Waals surface area contributed by atoms with E-state index in [9.17, 15) is 9.59 Å². The van der Waals surface area contributed by atoms with E-state index in [1.807, 2.05) is 0 Å². The lowest BCUT2D eigenvalue weighted by atomic mass is 10.2. The van der Waals surface area contributed by atoms with Gasteiger partial charge in [0.2, 0.25) is 0 Å². The number of aromatic carboxylic acids is 1. The van der Waals surface area contributed by atoms with Crippen LogP contribution in [0.5, 0.6) is 0 Å². The average molecular weight is 379 g/mol. The van der Waals surface area contributed by atoms with E-state index in [0.29, 0.717) is 0 Å². The monoisotopic (exact) mass is 377 g/mol. The summed E-state index contributed by atoms with van der Waals surface area (Å²) >= 11 is 14.9. The zero-order valence-electron chi connectivity index (χ0n) is 9.62. The molecule has 0 atom stereocenters. The van der Waals surface area contributed by atoms with Gasteiger partial charge in [-0.25, -0.2) is 4.79 Å². The Kier molecular flexibility index (Phi) is 4.37. The van der Waals surface area contributed by atoms with E-state index >= 15 is 0 Å². The molecular formula is C12H6BrCl2NO4. The van der Waals surface area contributed by atoms with Gasteiger partial charge in [0.15, 0.2) is 4.67 Å². The Hall–Kier alpha value is -1.50. The fraction of sp³-hybridized carbons (Fsp3) is 0. The van der Waals surface area contributed by atoms with Crippen molar-refractivity contribution in [3.63, 3.8) is 0 Å². The van der Waals surface area contributed by atoms with Crippen LogP contribution in [-0.2, 0) is 0 Å². The van der Waals surface area contributed by atoms with Crippen LogP contribution in [0.4, 0.5) is 5.69 Å². The second kappa shape index (κ2) is 5.87. The van der Waals surface area contributed by atoms with Crippen LogP contribution in [0.15, 0.2) is 33.5 Å². The number of anilines is 1. The van der Waals surface area contributed by atoms with Gasteiger partial charge in [-0.3, -0.25) is 4.79 Å². The zero-order chi connectivity index (χ0) is 14.9. The van der Waals surface area contributed by atoms with Gasteiger partial charge < -0.3 is 14.8 Å². The van der Waals surface area contributed by atoms with Crippen LogP contribution in [0.3, 0.4) is 0 Å². The highest BCUT2D eigenvalue weighted by Gasteiger charge is 2.17. The molecule has 0 aliphatic heterocycles. The zero-order valence-corrected chi connectivity index (χ0v) is 12.7. The van der Waals surface area contributed by atoms with Gasteiger partial charge in [-0.2, -0.15) is 0 Å². The van der Waals surface area contributed by atoms with E-state index in [-0.39, 0.29) is 31.5 Å². The summed E-state index contributed by atoms with van der Waals surface area (Å²) in [5.41, 5.74) is 0.332. The first-order valence-corrected chi connectivity index (χ1v) is 6.71. The third-order valence-corrected chi connectivity index (χ3v) is 3.60. The van der Waals surface area contributed by atoms with E-state index in [2.05, 4.69) is 21.2 Å². The molecule has 0 fully saturated rings. The SMILES string of the molecule is O=C(O)c1cc(Cl)c(NC(=O)c2ccoc2Br)c(Cl)c1.